The predicted octanol–water partition coefficient (Wildman–Crippen LogP) is 4.29. The van der Waals surface area contributed by atoms with E-state index >= 15 is 0 Å². The number of aromatic nitrogens is 1. The molecule has 1 aromatic heterocycles. The molecule has 2 aliphatic carbocycles. The third kappa shape index (κ3) is 8.36. The minimum Gasteiger partial charge on any atom is -0.486 e. The molecule has 3 N–H and O–H groups in total. The Balaban J connectivity index is 1.22. The van der Waals surface area contributed by atoms with Crippen molar-refractivity contribution in [2.75, 3.05) is 19.8 Å². The number of allylic oxidation sites excluding steroid dienone is 1. The first-order chi connectivity index (χ1) is 27.3. The Morgan fingerprint density at radius 3 is 2.50 bits per heavy atom. The molecular weight excluding hydrogens is 788 g/mol. The summed E-state index contributed by atoms with van der Waals surface area (Å²) in [6.07, 6.45) is 0.204. The molecule has 7 rings (SSSR count). The van der Waals surface area contributed by atoms with Gasteiger partial charge in [-0.2, -0.15) is 13.2 Å². The lowest BCUT2D eigenvalue weighted by atomic mass is 9.88. The Morgan fingerprint density at radius 1 is 1.03 bits per heavy atom. The molecule has 3 aliphatic heterocycles. The number of hydrogen-bond acceptors (Lipinski definition) is 11. The normalized spacial score (nSPS) is 29.8. The summed E-state index contributed by atoms with van der Waals surface area (Å²) in [7, 11) is -3.98. The van der Waals surface area contributed by atoms with Crippen LogP contribution in [0.15, 0.2) is 36.5 Å². The van der Waals surface area contributed by atoms with E-state index in [1.165, 1.54) is 11.1 Å². The molecule has 3 fully saturated rings. The van der Waals surface area contributed by atoms with Crippen LogP contribution in [0.1, 0.15) is 72.6 Å². The first-order valence-corrected chi connectivity index (χ1v) is 21.1. The lowest BCUT2D eigenvalue weighted by Gasteiger charge is -2.34. The first-order valence-electron chi connectivity index (χ1n) is 19.5. The highest BCUT2D eigenvalue weighted by molar-refractivity contribution is 7.91. The first kappa shape index (κ1) is 41.4. The smallest absolute Gasteiger partial charge is 0.427 e. The Kier molecular flexibility index (Phi) is 11.0. The lowest BCUT2D eigenvalue weighted by Crippen LogP contribution is -2.59. The molecule has 0 unspecified atom stereocenters. The van der Waals surface area contributed by atoms with Gasteiger partial charge in [0.15, 0.2) is 11.5 Å². The highest BCUT2D eigenvalue weighted by Gasteiger charge is 2.62. The van der Waals surface area contributed by atoms with Gasteiger partial charge in [0.2, 0.25) is 33.3 Å². The molecule has 1 saturated heterocycles. The molecule has 15 nitrogen and oxygen atoms in total. The second-order valence-corrected chi connectivity index (χ2v) is 18.5. The quantitative estimate of drug-likeness (QED) is 0.338. The highest BCUT2D eigenvalue weighted by atomic mass is 32.2. The van der Waals surface area contributed by atoms with E-state index in [0.29, 0.717) is 81.4 Å². The van der Waals surface area contributed by atoms with E-state index < -0.39 is 86.4 Å². The summed E-state index contributed by atoms with van der Waals surface area (Å²) < 4.78 is 91.9. The zero-order valence-corrected chi connectivity index (χ0v) is 33.4. The molecule has 2 aromatic rings. The molecule has 2 saturated carbocycles. The predicted molar refractivity (Wildman–Crippen MR) is 201 cm³/mol. The summed E-state index contributed by atoms with van der Waals surface area (Å²) >= 11 is 0. The molecule has 1 aromatic carbocycles. The van der Waals surface area contributed by atoms with Crippen molar-refractivity contribution in [3.8, 4) is 17.4 Å². The van der Waals surface area contributed by atoms with Crippen LogP contribution in [-0.4, -0.2) is 103 Å². The molecular formula is C39H48F3N5O10S. The van der Waals surface area contributed by atoms with E-state index in [2.05, 4.69) is 20.3 Å². The molecule has 19 heteroatoms. The number of nitrogens with zero attached hydrogens (tertiary/aromatic N) is 2. The number of carbonyl (C=O) groups is 4. The highest BCUT2D eigenvalue weighted by Crippen LogP contribution is 2.46. The number of rotatable bonds is 7. The van der Waals surface area contributed by atoms with Gasteiger partial charge >= 0.3 is 12.3 Å². The van der Waals surface area contributed by atoms with Gasteiger partial charge in [-0.05, 0) is 82.4 Å². The summed E-state index contributed by atoms with van der Waals surface area (Å²) in [5.74, 6) is -2.47. The molecule has 316 valence electrons. The van der Waals surface area contributed by atoms with Crippen LogP contribution < -0.4 is 29.6 Å². The van der Waals surface area contributed by atoms with E-state index in [1.807, 2.05) is 13.0 Å². The van der Waals surface area contributed by atoms with Gasteiger partial charge in [0, 0.05) is 29.3 Å². The second-order valence-electron chi connectivity index (χ2n) is 16.6. The average Bonchev–Trinajstić information content (AvgIpc) is 4.08. The third-order valence-electron chi connectivity index (χ3n) is 11.6. The number of amides is 4. The fourth-order valence-electron chi connectivity index (χ4n) is 7.93. The van der Waals surface area contributed by atoms with Crippen molar-refractivity contribution in [1.29, 1.82) is 0 Å². The van der Waals surface area contributed by atoms with Gasteiger partial charge in [-0.15, -0.1) is 0 Å². The summed E-state index contributed by atoms with van der Waals surface area (Å²) in [6, 6.07) is 2.42. The van der Waals surface area contributed by atoms with Crippen LogP contribution in [0.4, 0.5) is 18.0 Å². The van der Waals surface area contributed by atoms with Crippen molar-refractivity contribution in [1.82, 2.24) is 25.2 Å². The molecule has 0 bridgehead atoms. The summed E-state index contributed by atoms with van der Waals surface area (Å²) in [5.41, 5.74) is -4.52. The van der Waals surface area contributed by atoms with E-state index in [1.54, 1.807) is 31.2 Å². The maximum atomic E-state index is 14.8. The Bertz CT molecular complexity index is 2110. The van der Waals surface area contributed by atoms with Gasteiger partial charge in [0.05, 0.1) is 11.8 Å². The zero-order chi connectivity index (χ0) is 41.8. The number of halogens is 3. The average molecular weight is 836 g/mol. The molecule has 5 aliphatic rings. The molecule has 0 spiro atoms. The number of alkyl carbamates (subject to hydrolysis) is 1. The van der Waals surface area contributed by atoms with Crippen molar-refractivity contribution in [3.63, 3.8) is 0 Å². The van der Waals surface area contributed by atoms with Crippen LogP contribution in [0, 0.1) is 17.8 Å². The third-order valence-corrected chi connectivity index (χ3v) is 13.4. The number of ether oxygens (including phenoxy) is 4. The number of nitrogens with one attached hydrogen (secondary N) is 3. The van der Waals surface area contributed by atoms with E-state index in [9.17, 15) is 40.8 Å². The Hall–Kier alpha value is -4.81. The standard InChI is InChI=1S/C39H48F3N5O10S/c1-21-7-5-6-8-23-19-38(23,35(50)46-58(52,53)25-9-10-25)45-32(48)28-18-24(56-33-27-11-12-29-31(55-16-15-54-29)26(27)13-14-43-33)20-47(28)34(49)30(22(2)17-21)44-36(51)57-37(3,4)39(40,41)42/h6,8,11-14,21-25,28,30H,5,7,9-10,15-20H2,1-4H3,(H,44,51)(H,45,48)(H,46,50)/b8-6-/t21-,22-,23-,24-,28+,30+,38-/m1/s1. The number of alkyl halides is 3. The van der Waals surface area contributed by atoms with Gasteiger partial charge in [0.25, 0.3) is 5.91 Å². The monoisotopic (exact) mass is 835 g/mol. The fraction of sp³-hybridized carbons (Fsp3) is 0.615. The summed E-state index contributed by atoms with van der Waals surface area (Å²) in [5, 5.41) is 5.67. The van der Waals surface area contributed by atoms with Crippen LogP contribution in [0.3, 0.4) is 0 Å². The molecule has 58 heavy (non-hydrogen) atoms. The maximum Gasteiger partial charge on any atom is 0.427 e. The van der Waals surface area contributed by atoms with E-state index in [4.69, 9.17) is 18.9 Å². The van der Waals surface area contributed by atoms with Crippen LogP contribution in [0.5, 0.6) is 17.4 Å². The number of fused-ring (bicyclic) bond motifs is 5. The number of benzene rings is 1. The van der Waals surface area contributed by atoms with Crippen LogP contribution in [0.25, 0.3) is 10.8 Å². The summed E-state index contributed by atoms with van der Waals surface area (Å²) in [6.45, 7) is 5.49. The van der Waals surface area contributed by atoms with Crippen LogP contribution in [0.2, 0.25) is 0 Å². The second kappa shape index (κ2) is 15.4. The number of hydrogen-bond donors (Lipinski definition) is 3. The van der Waals surface area contributed by atoms with Gasteiger partial charge in [0.1, 0.15) is 36.9 Å². The number of sulfonamides is 1. The van der Waals surface area contributed by atoms with Gasteiger partial charge in [-0.3, -0.25) is 19.1 Å². The molecule has 0 radical (unpaired) electrons. The molecule has 7 atom stereocenters. The summed E-state index contributed by atoms with van der Waals surface area (Å²) in [4.78, 5) is 61.8. The SMILES string of the molecule is C[C@@H]1CC/C=C\[C@@H]2C[C@@]2(C(=O)NS(=O)(=O)C2CC2)NC(=O)[C@@H]2C[C@@H](Oc3nccc4c5c(ccc34)OCCO5)CN2C(=O)[C@@H](NC(=O)OC(C)(C)C(F)(F)F)[C@H](C)C1. The van der Waals surface area contributed by atoms with Crippen molar-refractivity contribution in [2.24, 2.45) is 17.8 Å². The van der Waals surface area contributed by atoms with Crippen molar-refractivity contribution in [2.45, 2.75) is 113 Å². The van der Waals surface area contributed by atoms with Crippen LogP contribution in [-0.2, 0) is 29.1 Å². The minimum atomic E-state index is -4.92. The number of pyridine rings is 1. The minimum absolute atomic E-state index is 0.0387. The Labute approximate surface area is 333 Å². The van der Waals surface area contributed by atoms with Gasteiger partial charge < -0.3 is 34.5 Å². The maximum absolute atomic E-state index is 14.8. The van der Waals surface area contributed by atoms with E-state index in [0.717, 1.165) is 0 Å². The van der Waals surface area contributed by atoms with Gasteiger partial charge in [-0.25, -0.2) is 18.2 Å². The fourth-order valence-corrected chi connectivity index (χ4v) is 9.30. The van der Waals surface area contributed by atoms with Crippen molar-refractivity contribution in [3.05, 3.63) is 36.5 Å². The van der Waals surface area contributed by atoms with Crippen molar-refractivity contribution < 1.29 is 59.7 Å². The Morgan fingerprint density at radius 2 is 1.78 bits per heavy atom. The van der Waals surface area contributed by atoms with Crippen LogP contribution >= 0.6 is 0 Å². The van der Waals surface area contributed by atoms with Gasteiger partial charge in [-0.1, -0.05) is 26.0 Å². The molecule has 4 amide bonds. The molecule has 4 heterocycles. The zero-order valence-electron chi connectivity index (χ0n) is 32.6. The van der Waals surface area contributed by atoms with E-state index in [-0.39, 0.29) is 31.2 Å². The lowest BCUT2D eigenvalue weighted by molar-refractivity contribution is -0.244. The topological polar surface area (TPSA) is 192 Å². The largest absolute Gasteiger partial charge is 0.486 e. The number of carbonyl (C=O) groups excluding carboxylic acids is 4. The van der Waals surface area contributed by atoms with Crippen molar-refractivity contribution >= 4 is 44.6 Å².